The highest BCUT2D eigenvalue weighted by Gasteiger charge is 2.30. The summed E-state index contributed by atoms with van der Waals surface area (Å²) in [6.45, 7) is 5.37. The Morgan fingerprint density at radius 2 is 2.19 bits per heavy atom. The molecule has 2 nitrogen and oxygen atoms in total. The molecule has 2 atom stereocenters. The molecule has 1 aromatic rings. The summed E-state index contributed by atoms with van der Waals surface area (Å²) in [6, 6.07) is 3.07. The summed E-state index contributed by atoms with van der Waals surface area (Å²) in [5.74, 6) is 1.60. The monoisotopic (exact) mass is 307 g/mol. The van der Waals surface area contributed by atoms with E-state index in [-0.39, 0.29) is 0 Å². The van der Waals surface area contributed by atoms with Crippen molar-refractivity contribution in [1.29, 1.82) is 0 Å². The second-order valence-electron chi connectivity index (χ2n) is 6.65. The molecule has 3 heteroatoms. The van der Waals surface area contributed by atoms with Crippen LogP contribution in [0.3, 0.4) is 0 Å². The van der Waals surface area contributed by atoms with Gasteiger partial charge in [0.25, 0.3) is 0 Å². The standard InChI is InChI=1S/C18H29NOS/c1-2-9-19-17(13-14-6-10-20-11-7-14)15-4-3-5-18-16(15)8-12-21-18/h8,12,14-15,17,19H,2-7,9-11,13H2,1H3. The number of fused-ring (bicyclic) bond motifs is 1. The molecular weight excluding hydrogens is 278 g/mol. The van der Waals surface area contributed by atoms with Crippen LogP contribution >= 0.6 is 11.3 Å². The zero-order chi connectivity index (χ0) is 14.5. The molecule has 118 valence electrons. The van der Waals surface area contributed by atoms with Crippen LogP contribution in [0.15, 0.2) is 11.4 Å². The molecule has 0 aromatic carbocycles. The van der Waals surface area contributed by atoms with Crippen molar-refractivity contribution in [3.63, 3.8) is 0 Å². The highest BCUT2D eigenvalue weighted by molar-refractivity contribution is 7.10. The van der Waals surface area contributed by atoms with Crippen LogP contribution in [0, 0.1) is 5.92 Å². The van der Waals surface area contributed by atoms with Gasteiger partial charge in [0.15, 0.2) is 0 Å². The Kier molecular flexibility index (Phi) is 5.73. The fourth-order valence-electron chi connectivity index (χ4n) is 4.00. The molecule has 3 rings (SSSR count). The lowest BCUT2D eigenvalue weighted by Crippen LogP contribution is -2.39. The Bertz CT molecular complexity index is 425. The zero-order valence-corrected chi connectivity index (χ0v) is 14.1. The van der Waals surface area contributed by atoms with Gasteiger partial charge in [0.2, 0.25) is 0 Å². The van der Waals surface area contributed by atoms with Crippen LogP contribution < -0.4 is 5.32 Å². The number of aryl methyl sites for hydroxylation is 1. The summed E-state index contributed by atoms with van der Waals surface area (Å²) in [5.41, 5.74) is 1.66. The lowest BCUT2D eigenvalue weighted by molar-refractivity contribution is 0.0591. The molecule has 1 fully saturated rings. The van der Waals surface area contributed by atoms with E-state index in [9.17, 15) is 0 Å². The van der Waals surface area contributed by atoms with Crippen molar-refractivity contribution in [2.45, 2.75) is 63.8 Å². The van der Waals surface area contributed by atoms with E-state index < -0.39 is 0 Å². The van der Waals surface area contributed by atoms with Crippen LogP contribution in [-0.2, 0) is 11.2 Å². The number of thiophene rings is 1. The quantitative estimate of drug-likeness (QED) is 0.843. The molecule has 2 aliphatic rings. The Morgan fingerprint density at radius 3 is 3.00 bits per heavy atom. The maximum atomic E-state index is 5.53. The minimum Gasteiger partial charge on any atom is -0.381 e. The smallest absolute Gasteiger partial charge is 0.0468 e. The Hall–Kier alpha value is -0.380. The van der Waals surface area contributed by atoms with Crippen molar-refractivity contribution >= 4 is 11.3 Å². The first-order valence-electron chi connectivity index (χ1n) is 8.76. The average Bonchev–Trinajstić information content (AvgIpc) is 3.01. The van der Waals surface area contributed by atoms with Crippen molar-refractivity contribution in [1.82, 2.24) is 5.32 Å². The third-order valence-electron chi connectivity index (χ3n) is 5.17. The lowest BCUT2D eigenvalue weighted by atomic mass is 9.78. The first-order chi connectivity index (χ1) is 10.4. The number of nitrogens with one attached hydrogen (secondary N) is 1. The highest BCUT2D eigenvalue weighted by atomic mass is 32.1. The predicted octanol–water partition coefficient (Wildman–Crippen LogP) is 4.35. The van der Waals surface area contributed by atoms with Gasteiger partial charge in [0.05, 0.1) is 0 Å². The molecule has 0 spiro atoms. The van der Waals surface area contributed by atoms with Crippen molar-refractivity contribution in [3.05, 3.63) is 21.9 Å². The number of hydrogen-bond donors (Lipinski definition) is 1. The van der Waals surface area contributed by atoms with Gasteiger partial charge in [0.1, 0.15) is 0 Å². The molecule has 21 heavy (non-hydrogen) atoms. The molecule has 0 bridgehead atoms. The van der Waals surface area contributed by atoms with E-state index in [2.05, 4.69) is 23.7 Å². The summed E-state index contributed by atoms with van der Waals surface area (Å²) in [4.78, 5) is 1.65. The third kappa shape index (κ3) is 3.88. The molecular formula is C18H29NOS. The minimum atomic E-state index is 0.668. The van der Waals surface area contributed by atoms with Crippen LogP contribution in [0.4, 0.5) is 0 Å². The van der Waals surface area contributed by atoms with Gasteiger partial charge in [-0.05, 0) is 74.4 Å². The first-order valence-corrected chi connectivity index (χ1v) is 9.63. The van der Waals surface area contributed by atoms with Crippen molar-refractivity contribution < 1.29 is 4.74 Å². The SMILES string of the molecule is CCCNC(CC1CCOCC1)C1CCCc2sccc21. The maximum absolute atomic E-state index is 5.53. The van der Waals surface area contributed by atoms with Gasteiger partial charge >= 0.3 is 0 Å². The summed E-state index contributed by atoms with van der Waals surface area (Å²) in [6.07, 6.45) is 9.13. The van der Waals surface area contributed by atoms with Gasteiger partial charge in [0, 0.05) is 30.1 Å². The number of hydrogen-bond acceptors (Lipinski definition) is 3. The lowest BCUT2D eigenvalue weighted by Gasteiger charge is -2.35. The van der Waals surface area contributed by atoms with Crippen molar-refractivity contribution in [2.75, 3.05) is 19.8 Å². The maximum Gasteiger partial charge on any atom is 0.0468 e. The Balaban J connectivity index is 1.69. The summed E-state index contributed by atoms with van der Waals surface area (Å²) >= 11 is 1.97. The van der Waals surface area contributed by atoms with Crippen LogP contribution in [-0.4, -0.2) is 25.8 Å². The summed E-state index contributed by atoms with van der Waals surface area (Å²) in [5, 5.41) is 6.18. The Labute approximate surface area is 133 Å². The minimum absolute atomic E-state index is 0.668. The molecule has 1 aliphatic carbocycles. The normalized spacial score (nSPS) is 24.7. The molecule has 1 aliphatic heterocycles. The molecule has 0 radical (unpaired) electrons. The topological polar surface area (TPSA) is 21.3 Å². The third-order valence-corrected chi connectivity index (χ3v) is 6.17. The molecule has 1 saturated heterocycles. The first kappa shape index (κ1) is 15.5. The van der Waals surface area contributed by atoms with E-state index in [4.69, 9.17) is 4.74 Å². The van der Waals surface area contributed by atoms with E-state index in [1.807, 2.05) is 11.3 Å². The predicted molar refractivity (Wildman–Crippen MR) is 90.2 cm³/mol. The molecule has 0 saturated carbocycles. The van der Waals surface area contributed by atoms with Crippen LogP contribution in [0.5, 0.6) is 0 Å². The molecule has 0 amide bonds. The van der Waals surface area contributed by atoms with E-state index in [1.54, 1.807) is 10.4 Å². The fraction of sp³-hybridized carbons (Fsp3) is 0.778. The van der Waals surface area contributed by atoms with Crippen LogP contribution in [0.25, 0.3) is 0 Å². The number of rotatable bonds is 6. The van der Waals surface area contributed by atoms with Gasteiger partial charge in [-0.25, -0.2) is 0 Å². The largest absolute Gasteiger partial charge is 0.381 e. The summed E-state index contributed by atoms with van der Waals surface area (Å²) < 4.78 is 5.53. The highest BCUT2D eigenvalue weighted by Crippen LogP contribution is 2.39. The zero-order valence-electron chi connectivity index (χ0n) is 13.3. The average molecular weight is 308 g/mol. The molecule has 1 aromatic heterocycles. The van der Waals surface area contributed by atoms with Crippen molar-refractivity contribution in [3.8, 4) is 0 Å². The van der Waals surface area contributed by atoms with E-state index in [0.717, 1.165) is 31.6 Å². The molecule has 1 N–H and O–H groups in total. The van der Waals surface area contributed by atoms with Gasteiger partial charge < -0.3 is 10.1 Å². The van der Waals surface area contributed by atoms with E-state index in [0.29, 0.717) is 6.04 Å². The van der Waals surface area contributed by atoms with Gasteiger partial charge in [-0.15, -0.1) is 11.3 Å². The van der Waals surface area contributed by atoms with Crippen molar-refractivity contribution in [2.24, 2.45) is 5.92 Å². The fourth-order valence-corrected chi connectivity index (χ4v) is 5.00. The second kappa shape index (κ2) is 7.75. The van der Waals surface area contributed by atoms with E-state index in [1.165, 1.54) is 44.9 Å². The molecule has 2 heterocycles. The van der Waals surface area contributed by atoms with Crippen LogP contribution in [0.2, 0.25) is 0 Å². The van der Waals surface area contributed by atoms with Gasteiger partial charge in [-0.2, -0.15) is 0 Å². The van der Waals surface area contributed by atoms with Gasteiger partial charge in [-0.1, -0.05) is 6.92 Å². The second-order valence-corrected chi connectivity index (χ2v) is 7.65. The van der Waals surface area contributed by atoms with Gasteiger partial charge in [-0.3, -0.25) is 0 Å². The molecule has 2 unspecified atom stereocenters. The number of ether oxygens (including phenoxy) is 1. The van der Waals surface area contributed by atoms with E-state index >= 15 is 0 Å². The Morgan fingerprint density at radius 1 is 1.33 bits per heavy atom. The van der Waals surface area contributed by atoms with Crippen LogP contribution in [0.1, 0.15) is 61.8 Å². The summed E-state index contributed by atoms with van der Waals surface area (Å²) in [7, 11) is 0.